The van der Waals surface area contributed by atoms with Crippen molar-refractivity contribution < 1.29 is 4.74 Å². The van der Waals surface area contributed by atoms with Gasteiger partial charge in [0, 0.05) is 44.5 Å². The van der Waals surface area contributed by atoms with Gasteiger partial charge in [-0.1, -0.05) is 12.1 Å². The number of hydrogen-bond acceptors (Lipinski definition) is 5. The molecule has 2 aromatic rings. The van der Waals surface area contributed by atoms with Gasteiger partial charge in [0.05, 0.1) is 12.8 Å². The number of piperazine rings is 1. The van der Waals surface area contributed by atoms with E-state index in [0.29, 0.717) is 12.1 Å². The first-order valence-electron chi connectivity index (χ1n) is 9.49. The van der Waals surface area contributed by atoms with Gasteiger partial charge in [-0.05, 0) is 38.4 Å². The van der Waals surface area contributed by atoms with Crippen LogP contribution in [0.1, 0.15) is 18.4 Å². The lowest BCUT2D eigenvalue weighted by molar-refractivity contribution is 0.250. The summed E-state index contributed by atoms with van der Waals surface area (Å²) in [6, 6.07) is 8.15. The fourth-order valence-electron chi connectivity index (χ4n) is 3.51. The highest BCUT2D eigenvalue weighted by Crippen LogP contribution is 2.28. The van der Waals surface area contributed by atoms with Crippen molar-refractivity contribution in [3.63, 3.8) is 0 Å². The SMILES string of the molecule is COc1ccccc1N1CCN(CCCCn2cc(C)c(=O)[nH]c2=O)CC1. The van der Waals surface area contributed by atoms with Crippen molar-refractivity contribution in [1.82, 2.24) is 14.5 Å². The number of aromatic amines is 1. The number of rotatable bonds is 7. The summed E-state index contributed by atoms with van der Waals surface area (Å²) in [6.07, 6.45) is 3.59. The van der Waals surface area contributed by atoms with Crippen LogP contribution in [0.4, 0.5) is 5.69 Å². The van der Waals surface area contributed by atoms with E-state index in [1.54, 1.807) is 24.8 Å². The molecule has 146 valence electrons. The zero-order chi connectivity index (χ0) is 19.2. The quantitative estimate of drug-likeness (QED) is 0.745. The normalized spacial score (nSPS) is 15.1. The van der Waals surface area contributed by atoms with E-state index >= 15 is 0 Å². The Balaban J connectivity index is 1.43. The van der Waals surface area contributed by atoms with Crippen LogP contribution in [-0.4, -0.2) is 54.3 Å². The highest BCUT2D eigenvalue weighted by molar-refractivity contribution is 5.58. The van der Waals surface area contributed by atoms with Crippen LogP contribution in [0.15, 0.2) is 40.1 Å². The molecule has 7 heteroatoms. The van der Waals surface area contributed by atoms with Crippen LogP contribution in [0.3, 0.4) is 0 Å². The van der Waals surface area contributed by atoms with Crippen molar-refractivity contribution in [2.24, 2.45) is 0 Å². The molecular weight excluding hydrogens is 344 g/mol. The lowest BCUT2D eigenvalue weighted by Gasteiger charge is -2.36. The number of nitrogens with zero attached hydrogens (tertiary/aromatic N) is 3. The molecule has 0 bridgehead atoms. The molecule has 0 spiro atoms. The van der Waals surface area contributed by atoms with Gasteiger partial charge >= 0.3 is 5.69 Å². The first-order valence-corrected chi connectivity index (χ1v) is 9.49. The van der Waals surface area contributed by atoms with Crippen LogP contribution in [0, 0.1) is 6.92 Å². The minimum absolute atomic E-state index is 0.302. The molecule has 0 aliphatic carbocycles. The maximum atomic E-state index is 11.8. The number of benzene rings is 1. The number of aryl methyl sites for hydroxylation is 2. The van der Waals surface area contributed by atoms with Crippen LogP contribution in [-0.2, 0) is 6.54 Å². The smallest absolute Gasteiger partial charge is 0.328 e. The Labute approximate surface area is 159 Å². The van der Waals surface area contributed by atoms with Crippen LogP contribution >= 0.6 is 0 Å². The van der Waals surface area contributed by atoms with Gasteiger partial charge in [0.1, 0.15) is 5.75 Å². The van der Waals surface area contributed by atoms with E-state index in [-0.39, 0.29) is 11.2 Å². The molecule has 1 aliphatic rings. The maximum Gasteiger partial charge on any atom is 0.328 e. The molecule has 0 saturated carbocycles. The predicted octanol–water partition coefficient (Wildman–Crippen LogP) is 1.46. The molecule has 0 radical (unpaired) electrons. The number of anilines is 1. The molecule has 0 unspecified atom stereocenters. The van der Waals surface area contributed by atoms with E-state index in [1.807, 2.05) is 18.2 Å². The van der Waals surface area contributed by atoms with Crippen molar-refractivity contribution in [3.8, 4) is 5.75 Å². The average molecular weight is 372 g/mol. The molecule has 1 aliphatic heterocycles. The second-order valence-corrected chi connectivity index (χ2v) is 6.97. The zero-order valence-electron chi connectivity index (χ0n) is 16.1. The third-order valence-corrected chi connectivity index (χ3v) is 5.11. The minimum Gasteiger partial charge on any atom is -0.495 e. The predicted molar refractivity (Wildman–Crippen MR) is 107 cm³/mol. The van der Waals surface area contributed by atoms with Gasteiger partial charge in [-0.25, -0.2) is 4.79 Å². The van der Waals surface area contributed by atoms with Gasteiger partial charge in [-0.15, -0.1) is 0 Å². The topological polar surface area (TPSA) is 70.6 Å². The van der Waals surface area contributed by atoms with E-state index in [2.05, 4.69) is 20.9 Å². The summed E-state index contributed by atoms with van der Waals surface area (Å²) in [5, 5.41) is 0. The van der Waals surface area contributed by atoms with Crippen LogP contribution in [0.2, 0.25) is 0 Å². The third-order valence-electron chi connectivity index (χ3n) is 5.11. The van der Waals surface area contributed by atoms with Gasteiger partial charge in [-0.2, -0.15) is 0 Å². The first-order chi connectivity index (χ1) is 13.1. The number of para-hydroxylation sites is 2. The Morgan fingerprint density at radius 3 is 2.48 bits per heavy atom. The average Bonchev–Trinajstić information content (AvgIpc) is 2.69. The molecule has 27 heavy (non-hydrogen) atoms. The highest BCUT2D eigenvalue weighted by Gasteiger charge is 2.19. The lowest BCUT2D eigenvalue weighted by Crippen LogP contribution is -2.46. The van der Waals surface area contributed by atoms with E-state index in [9.17, 15) is 9.59 Å². The Kier molecular flexibility index (Phi) is 6.34. The first kappa shape index (κ1) is 19.2. The number of nitrogens with one attached hydrogen (secondary N) is 1. The molecule has 3 rings (SSSR count). The molecule has 0 amide bonds. The van der Waals surface area contributed by atoms with Gasteiger partial charge in [0.2, 0.25) is 0 Å². The number of aromatic nitrogens is 2. The molecule has 2 heterocycles. The van der Waals surface area contributed by atoms with Gasteiger partial charge in [-0.3, -0.25) is 14.7 Å². The number of ether oxygens (including phenoxy) is 1. The van der Waals surface area contributed by atoms with Crippen molar-refractivity contribution in [2.75, 3.05) is 44.7 Å². The fraction of sp³-hybridized carbons (Fsp3) is 0.500. The van der Waals surface area contributed by atoms with Crippen molar-refractivity contribution in [1.29, 1.82) is 0 Å². The van der Waals surface area contributed by atoms with Crippen LogP contribution in [0.25, 0.3) is 0 Å². The number of methoxy groups -OCH3 is 1. The number of unbranched alkanes of at least 4 members (excludes halogenated alkanes) is 1. The minimum atomic E-state index is -0.323. The van der Waals surface area contributed by atoms with Crippen LogP contribution < -0.4 is 20.9 Å². The van der Waals surface area contributed by atoms with E-state index in [4.69, 9.17) is 4.74 Å². The van der Waals surface area contributed by atoms with E-state index in [0.717, 1.165) is 57.0 Å². The molecule has 1 fully saturated rings. The number of H-pyrrole nitrogens is 1. The van der Waals surface area contributed by atoms with E-state index < -0.39 is 0 Å². The monoisotopic (exact) mass is 372 g/mol. The second kappa shape index (κ2) is 8.90. The maximum absolute atomic E-state index is 11.8. The van der Waals surface area contributed by atoms with Gasteiger partial charge < -0.3 is 14.2 Å². The van der Waals surface area contributed by atoms with Crippen molar-refractivity contribution in [3.05, 3.63) is 56.9 Å². The molecule has 1 N–H and O–H groups in total. The Morgan fingerprint density at radius 1 is 1.04 bits per heavy atom. The zero-order valence-corrected chi connectivity index (χ0v) is 16.1. The van der Waals surface area contributed by atoms with Gasteiger partial charge in [0.25, 0.3) is 5.56 Å². The summed E-state index contributed by atoms with van der Waals surface area (Å²) < 4.78 is 7.06. The molecular formula is C20H28N4O3. The number of hydrogen-bond donors (Lipinski definition) is 1. The molecule has 7 nitrogen and oxygen atoms in total. The van der Waals surface area contributed by atoms with Crippen LogP contribution in [0.5, 0.6) is 5.75 Å². The summed E-state index contributed by atoms with van der Waals surface area (Å²) >= 11 is 0. The summed E-state index contributed by atoms with van der Waals surface area (Å²) in [5.74, 6) is 0.924. The third kappa shape index (κ3) is 4.80. The molecule has 1 aromatic heterocycles. The fourth-order valence-corrected chi connectivity index (χ4v) is 3.51. The summed E-state index contributed by atoms with van der Waals surface area (Å²) in [5.41, 5.74) is 1.11. The molecule has 1 saturated heterocycles. The largest absolute Gasteiger partial charge is 0.495 e. The Morgan fingerprint density at radius 2 is 1.74 bits per heavy atom. The molecule has 1 aromatic carbocycles. The standard InChI is InChI=1S/C20H28N4O3/c1-16-15-24(20(26)21-19(16)25)10-6-5-9-22-11-13-23(14-12-22)17-7-3-4-8-18(17)27-2/h3-4,7-8,15H,5-6,9-14H2,1-2H3,(H,21,25,26). The molecule has 0 atom stereocenters. The second-order valence-electron chi connectivity index (χ2n) is 6.97. The lowest BCUT2D eigenvalue weighted by atomic mass is 10.2. The van der Waals surface area contributed by atoms with Crippen molar-refractivity contribution in [2.45, 2.75) is 26.3 Å². The highest BCUT2D eigenvalue weighted by atomic mass is 16.5. The van der Waals surface area contributed by atoms with Gasteiger partial charge in [0.15, 0.2) is 0 Å². The van der Waals surface area contributed by atoms with Crippen molar-refractivity contribution >= 4 is 5.69 Å². The summed E-state index contributed by atoms with van der Waals surface area (Å²) in [4.78, 5) is 30.4. The van der Waals surface area contributed by atoms with E-state index in [1.165, 1.54) is 0 Å². The summed E-state index contributed by atoms with van der Waals surface area (Å²) in [7, 11) is 1.71. The summed E-state index contributed by atoms with van der Waals surface area (Å²) in [6.45, 7) is 7.40. The Bertz CT molecular complexity index is 866. The Hall–Kier alpha value is -2.54.